The van der Waals surface area contributed by atoms with Gasteiger partial charge in [-0.05, 0) is 25.6 Å². The van der Waals surface area contributed by atoms with E-state index < -0.39 is 0 Å². The molecular weight excluding hydrogens is 114 g/mol. The van der Waals surface area contributed by atoms with Crippen molar-refractivity contribution in [1.82, 2.24) is 5.32 Å². The van der Waals surface area contributed by atoms with E-state index >= 15 is 0 Å². The molecule has 0 aliphatic heterocycles. The summed E-state index contributed by atoms with van der Waals surface area (Å²) in [6.45, 7) is 4.54. The van der Waals surface area contributed by atoms with Crippen LogP contribution in [0.2, 0.25) is 0 Å². The number of hydrogen-bond donors (Lipinski definition) is 1. The summed E-state index contributed by atoms with van der Waals surface area (Å²) in [5.74, 6) is 0.0820. The normalized spacial score (nSPS) is 10.0. The average Bonchev–Trinajstić information content (AvgIpc) is 1.80. The molecule has 0 saturated heterocycles. The van der Waals surface area contributed by atoms with Crippen molar-refractivity contribution in [1.29, 1.82) is 0 Å². The second kappa shape index (κ2) is 5.35. The van der Waals surface area contributed by atoms with Gasteiger partial charge in [-0.25, -0.2) is 0 Å². The molecule has 0 spiro atoms. The number of hydrogen-bond acceptors (Lipinski definition) is 2. The van der Waals surface area contributed by atoms with Crippen LogP contribution in [0.15, 0.2) is 12.3 Å². The van der Waals surface area contributed by atoms with Crippen LogP contribution in [0.1, 0.15) is 20.3 Å². The average molecular weight is 127 g/mol. The fourth-order valence-corrected chi connectivity index (χ4v) is 0.404. The summed E-state index contributed by atoms with van der Waals surface area (Å²) in [5, 5.41) is 2.97. The van der Waals surface area contributed by atoms with Gasteiger partial charge in [0.15, 0.2) is 5.78 Å². The van der Waals surface area contributed by atoms with E-state index in [0.29, 0.717) is 0 Å². The summed E-state index contributed by atoms with van der Waals surface area (Å²) in [6.07, 6.45) is 4.30. The van der Waals surface area contributed by atoms with Crippen molar-refractivity contribution in [2.45, 2.75) is 20.3 Å². The molecule has 0 atom stereocenters. The molecule has 1 N–H and O–H groups in total. The number of ketones is 1. The van der Waals surface area contributed by atoms with Crippen LogP contribution in [0.5, 0.6) is 0 Å². The molecular formula is C7H13NO. The fourth-order valence-electron chi connectivity index (χ4n) is 0.404. The van der Waals surface area contributed by atoms with Crippen LogP contribution in [0, 0.1) is 0 Å². The van der Waals surface area contributed by atoms with Gasteiger partial charge in [0.05, 0.1) is 0 Å². The number of carbonyl (C=O) groups excluding carboxylic acids is 1. The van der Waals surface area contributed by atoms with Gasteiger partial charge in [0.1, 0.15) is 0 Å². The van der Waals surface area contributed by atoms with E-state index in [-0.39, 0.29) is 5.78 Å². The van der Waals surface area contributed by atoms with Crippen molar-refractivity contribution in [2.75, 3.05) is 6.54 Å². The van der Waals surface area contributed by atoms with Crippen molar-refractivity contribution in [3.05, 3.63) is 12.3 Å². The van der Waals surface area contributed by atoms with Gasteiger partial charge < -0.3 is 5.32 Å². The highest BCUT2D eigenvalue weighted by Crippen LogP contribution is 1.72. The molecule has 0 aromatic heterocycles. The minimum atomic E-state index is 0.0820. The Morgan fingerprint density at radius 2 is 2.33 bits per heavy atom. The van der Waals surface area contributed by atoms with Gasteiger partial charge in [-0.3, -0.25) is 4.79 Å². The van der Waals surface area contributed by atoms with Crippen LogP contribution in [0.25, 0.3) is 0 Å². The van der Waals surface area contributed by atoms with E-state index in [4.69, 9.17) is 0 Å². The van der Waals surface area contributed by atoms with E-state index in [9.17, 15) is 4.79 Å². The summed E-state index contributed by atoms with van der Waals surface area (Å²) in [6, 6.07) is 0. The molecule has 0 radical (unpaired) electrons. The van der Waals surface area contributed by atoms with E-state index in [0.717, 1.165) is 13.0 Å². The zero-order valence-corrected chi connectivity index (χ0v) is 5.98. The van der Waals surface area contributed by atoms with Crippen molar-refractivity contribution in [2.24, 2.45) is 0 Å². The third kappa shape index (κ3) is 7.21. The molecule has 2 heteroatoms. The quantitative estimate of drug-likeness (QED) is 0.452. The highest BCUT2D eigenvalue weighted by Gasteiger charge is 1.78. The lowest BCUT2D eigenvalue weighted by Gasteiger charge is -1.92. The number of allylic oxidation sites excluding steroid dienone is 1. The zero-order chi connectivity index (χ0) is 7.11. The SMILES string of the molecule is CCCN/C=C/C(C)=O. The highest BCUT2D eigenvalue weighted by atomic mass is 16.1. The van der Waals surface area contributed by atoms with Gasteiger partial charge >= 0.3 is 0 Å². The van der Waals surface area contributed by atoms with Gasteiger partial charge in [-0.2, -0.15) is 0 Å². The van der Waals surface area contributed by atoms with Crippen LogP contribution < -0.4 is 5.32 Å². The Morgan fingerprint density at radius 1 is 1.67 bits per heavy atom. The standard InChI is InChI=1S/C7H13NO/c1-3-5-8-6-4-7(2)9/h4,6,8H,3,5H2,1-2H3/b6-4+. The third-order valence-electron chi connectivity index (χ3n) is 0.830. The summed E-state index contributed by atoms with van der Waals surface area (Å²) < 4.78 is 0. The zero-order valence-electron chi connectivity index (χ0n) is 5.98. The van der Waals surface area contributed by atoms with E-state index in [1.54, 1.807) is 6.20 Å². The predicted octanol–water partition coefficient (Wildman–Crippen LogP) is 1.09. The molecule has 0 rings (SSSR count). The monoisotopic (exact) mass is 127 g/mol. The molecule has 0 fully saturated rings. The fraction of sp³-hybridized carbons (Fsp3) is 0.571. The van der Waals surface area contributed by atoms with Crippen molar-refractivity contribution >= 4 is 5.78 Å². The maximum absolute atomic E-state index is 10.3. The topological polar surface area (TPSA) is 29.1 Å². The Morgan fingerprint density at radius 3 is 2.78 bits per heavy atom. The highest BCUT2D eigenvalue weighted by molar-refractivity contribution is 5.87. The first-order valence-electron chi connectivity index (χ1n) is 3.18. The lowest BCUT2D eigenvalue weighted by molar-refractivity contribution is -0.112. The molecule has 0 aliphatic rings. The molecule has 0 aliphatic carbocycles. The third-order valence-corrected chi connectivity index (χ3v) is 0.830. The molecule has 0 aromatic carbocycles. The van der Waals surface area contributed by atoms with Gasteiger partial charge in [-0.1, -0.05) is 6.92 Å². The van der Waals surface area contributed by atoms with Gasteiger partial charge in [0, 0.05) is 6.54 Å². The van der Waals surface area contributed by atoms with Gasteiger partial charge in [0.25, 0.3) is 0 Å². The molecule has 2 nitrogen and oxygen atoms in total. The van der Waals surface area contributed by atoms with E-state index in [2.05, 4.69) is 12.2 Å². The molecule has 9 heavy (non-hydrogen) atoms. The summed E-state index contributed by atoms with van der Waals surface area (Å²) in [5.41, 5.74) is 0. The Balaban J connectivity index is 3.15. The van der Waals surface area contributed by atoms with Gasteiger partial charge in [-0.15, -0.1) is 0 Å². The smallest absolute Gasteiger partial charge is 0.154 e. The van der Waals surface area contributed by atoms with Crippen LogP contribution in [-0.4, -0.2) is 12.3 Å². The first-order valence-corrected chi connectivity index (χ1v) is 3.18. The summed E-state index contributed by atoms with van der Waals surface area (Å²) in [7, 11) is 0. The van der Waals surface area contributed by atoms with Crippen LogP contribution >= 0.6 is 0 Å². The Labute approximate surface area is 56.0 Å². The molecule has 0 unspecified atom stereocenters. The molecule has 52 valence electrons. The molecule has 0 bridgehead atoms. The Bertz CT molecular complexity index is 107. The first-order chi connectivity index (χ1) is 4.27. The maximum Gasteiger partial charge on any atom is 0.154 e. The van der Waals surface area contributed by atoms with Crippen LogP contribution in [0.3, 0.4) is 0 Å². The minimum absolute atomic E-state index is 0.0820. The molecule has 0 saturated carbocycles. The Hall–Kier alpha value is -0.790. The lowest BCUT2D eigenvalue weighted by Crippen LogP contribution is -2.05. The van der Waals surface area contributed by atoms with Crippen molar-refractivity contribution in [3.63, 3.8) is 0 Å². The van der Waals surface area contributed by atoms with Crippen LogP contribution in [0.4, 0.5) is 0 Å². The number of carbonyl (C=O) groups is 1. The Kier molecular flexibility index (Phi) is 4.88. The van der Waals surface area contributed by atoms with Gasteiger partial charge in [0.2, 0.25) is 0 Å². The lowest BCUT2D eigenvalue weighted by atomic mass is 10.4. The predicted molar refractivity (Wildman–Crippen MR) is 38.1 cm³/mol. The summed E-state index contributed by atoms with van der Waals surface area (Å²) >= 11 is 0. The second-order valence-electron chi connectivity index (χ2n) is 1.90. The largest absolute Gasteiger partial charge is 0.391 e. The van der Waals surface area contributed by atoms with Crippen molar-refractivity contribution < 1.29 is 4.79 Å². The van der Waals surface area contributed by atoms with E-state index in [1.807, 2.05) is 0 Å². The first kappa shape index (κ1) is 8.21. The van der Waals surface area contributed by atoms with E-state index in [1.165, 1.54) is 13.0 Å². The minimum Gasteiger partial charge on any atom is -0.391 e. The number of rotatable bonds is 4. The maximum atomic E-state index is 10.3. The van der Waals surface area contributed by atoms with Crippen LogP contribution in [-0.2, 0) is 4.79 Å². The molecule has 0 amide bonds. The van der Waals surface area contributed by atoms with Crippen molar-refractivity contribution in [3.8, 4) is 0 Å². The second-order valence-corrected chi connectivity index (χ2v) is 1.90. The summed E-state index contributed by atoms with van der Waals surface area (Å²) in [4.78, 5) is 10.3. The number of nitrogens with one attached hydrogen (secondary N) is 1. The molecule has 0 aromatic rings. The molecule has 0 heterocycles.